The molecular weight excluding hydrogens is 360 g/mol. The number of amides is 2. The molecule has 26 heavy (non-hydrogen) atoms. The van der Waals surface area contributed by atoms with Gasteiger partial charge in [-0.25, -0.2) is 4.79 Å². The van der Waals surface area contributed by atoms with Gasteiger partial charge in [0.15, 0.2) is 6.61 Å². The van der Waals surface area contributed by atoms with Crippen molar-refractivity contribution < 1.29 is 23.9 Å². The van der Waals surface area contributed by atoms with E-state index in [1.807, 2.05) is 12.1 Å². The first-order valence-electron chi connectivity index (χ1n) is 8.18. The number of nitrogens with zero attached hydrogens (tertiary/aromatic N) is 1. The molecule has 0 spiro atoms. The highest BCUT2D eigenvalue weighted by molar-refractivity contribution is 6.30. The summed E-state index contributed by atoms with van der Waals surface area (Å²) in [4.78, 5) is 36.5. The van der Waals surface area contributed by atoms with E-state index in [0.29, 0.717) is 11.6 Å². The molecule has 0 heterocycles. The fourth-order valence-corrected chi connectivity index (χ4v) is 1.98. The summed E-state index contributed by atoms with van der Waals surface area (Å²) in [6.45, 7) is 5.33. The second-order valence-corrected chi connectivity index (χ2v) is 7.15. The Kier molecular flexibility index (Phi) is 8.38. The van der Waals surface area contributed by atoms with Crippen molar-refractivity contribution in [3.8, 4) is 0 Å². The molecular formula is C18H25ClN2O5. The van der Waals surface area contributed by atoms with Crippen molar-refractivity contribution in [2.75, 3.05) is 20.2 Å². The molecule has 1 rings (SSSR count). The fourth-order valence-electron chi connectivity index (χ4n) is 1.86. The molecule has 0 aliphatic heterocycles. The highest BCUT2D eigenvalue weighted by Crippen LogP contribution is 2.11. The van der Waals surface area contributed by atoms with Crippen LogP contribution in [0.25, 0.3) is 0 Å². The van der Waals surface area contributed by atoms with Crippen LogP contribution in [0.2, 0.25) is 5.02 Å². The molecule has 8 heteroatoms. The molecule has 144 valence electrons. The van der Waals surface area contributed by atoms with E-state index in [2.05, 4.69) is 5.32 Å². The molecule has 0 saturated carbocycles. The van der Waals surface area contributed by atoms with Crippen molar-refractivity contribution in [3.63, 3.8) is 0 Å². The monoisotopic (exact) mass is 384 g/mol. The minimum atomic E-state index is -0.607. The number of ether oxygens (including phenoxy) is 2. The second kappa shape index (κ2) is 10.0. The van der Waals surface area contributed by atoms with Gasteiger partial charge in [0.05, 0.1) is 6.42 Å². The molecule has 0 radical (unpaired) electrons. The first-order valence-corrected chi connectivity index (χ1v) is 8.55. The molecule has 1 N–H and O–H groups in total. The third-order valence-electron chi connectivity index (χ3n) is 3.11. The van der Waals surface area contributed by atoms with Crippen LogP contribution in [0.15, 0.2) is 24.3 Å². The zero-order chi connectivity index (χ0) is 19.7. The summed E-state index contributed by atoms with van der Waals surface area (Å²) in [6, 6.07) is 7.13. The number of rotatable bonds is 7. The molecule has 0 unspecified atom stereocenters. The average molecular weight is 385 g/mol. The van der Waals surface area contributed by atoms with Gasteiger partial charge in [-0.2, -0.15) is 0 Å². The Hall–Kier alpha value is -2.28. The zero-order valence-electron chi connectivity index (χ0n) is 15.5. The number of hydrogen-bond donors (Lipinski definition) is 1. The lowest BCUT2D eigenvalue weighted by Crippen LogP contribution is -2.34. The lowest BCUT2D eigenvalue weighted by Gasteiger charge is -2.19. The molecule has 2 amide bonds. The average Bonchev–Trinajstić information content (AvgIpc) is 2.53. The summed E-state index contributed by atoms with van der Waals surface area (Å²) in [5, 5.41) is 3.07. The van der Waals surface area contributed by atoms with Crippen molar-refractivity contribution in [3.05, 3.63) is 34.9 Å². The normalized spacial score (nSPS) is 10.8. The maximum atomic E-state index is 12.0. The summed E-state index contributed by atoms with van der Waals surface area (Å²) < 4.78 is 9.96. The van der Waals surface area contributed by atoms with E-state index >= 15 is 0 Å². The third kappa shape index (κ3) is 9.27. The molecule has 0 saturated heterocycles. The topological polar surface area (TPSA) is 84.9 Å². The molecule has 0 fully saturated rings. The minimum absolute atomic E-state index is 0.0482. The lowest BCUT2D eigenvalue weighted by atomic mass is 10.2. The summed E-state index contributed by atoms with van der Waals surface area (Å²) >= 11 is 5.82. The lowest BCUT2D eigenvalue weighted by molar-refractivity contribution is -0.151. The Labute approximate surface area is 158 Å². The van der Waals surface area contributed by atoms with Gasteiger partial charge in [-0.15, -0.1) is 0 Å². The van der Waals surface area contributed by atoms with Crippen LogP contribution < -0.4 is 5.32 Å². The molecule has 0 bridgehead atoms. The first-order chi connectivity index (χ1) is 12.1. The number of esters is 1. The van der Waals surface area contributed by atoms with E-state index in [9.17, 15) is 14.4 Å². The molecule has 1 aromatic carbocycles. The van der Waals surface area contributed by atoms with Crippen molar-refractivity contribution in [1.82, 2.24) is 10.2 Å². The predicted molar refractivity (Wildman–Crippen MR) is 97.7 cm³/mol. The first kappa shape index (κ1) is 21.8. The standard InChI is InChI=1S/C18H25ClN2O5/c1-18(2,3)26-17(24)20-10-9-16(23)25-12-15(22)21(4)11-13-5-7-14(19)8-6-13/h5-8H,9-12H2,1-4H3,(H,20,24). The summed E-state index contributed by atoms with van der Waals surface area (Å²) in [5.41, 5.74) is 0.309. The van der Waals surface area contributed by atoms with Crippen LogP contribution in [0.1, 0.15) is 32.8 Å². The van der Waals surface area contributed by atoms with Gasteiger partial charge in [-0.3, -0.25) is 9.59 Å². The molecule has 7 nitrogen and oxygen atoms in total. The largest absolute Gasteiger partial charge is 0.456 e. The Morgan fingerprint density at radius 1 is 1.15 bits per heavy atom. The van der Waals surface area contributed by atoms with E-state index in [0.717, 1.165) is 5.56 Å². The number of benzene rings is 1. The maximum Gasteiger partial charge on any atom is 0.407 e. The molecule has 1 aromatic rings. The van der Waals surface area contributed by atoms with Gasteiger partial charge in [-0.05, 0) is 38.5 Å². The Balaban J connectivity index is 2.25. The van der Waals surface area contributed by atoms with Crippen LogP contribution in [0.5, 0.6) is 0 Å². The molecule has 0 aliphatic carbocycles. The number of likely N-dealkylation sites (N-methyl/N-ethyl adjacent to an activating group) is 1. The number of carbonyl (C=O) groups is 3. The third-order valence-corrected chi connectivity index (χ3v) is 3.36. The number of alkyl carbamates (subject to hydrolysis) is 1. The fraction of sp³-hybridized carbons (Fsp3) is 0.500. The Morgan fingerprint density at radius 2 is 1.77 bits per heavy atom. The van der Waals surface area contributed by atoms with Crippen molar-refractivity contribution >= 4 is 29.6 Å². The van der Waals surface area contributed by atoms with Crippen molar-refractivity contribution in [1.29, 1.82) is 0 Å². The van der Waals surface area contributed by atoms with Crippen LogP contribution in [-0.4, -0.2) is 48.7 Å². The van der Waals surface area contributed by atoms with Gasteiger partial charge in [0, 0.05) is 25.2 Å². The zero-order valence-corrected chi connectivity index (χ0v) is 16.3. The van der Waals surface area contributed by atoms with Crippen LogP contribution in [-0.2, 0) is 25.6 Å². The second-order valence-electron chi connectivity index (χ2n) is 6.72. The number of carbonyl (C=O) groups excluding carboxylic acids is 3. The predicted octanol–water partition coefficient (Wildman–Crippen LogP) is 2.76. The Bertz CT molecular complexity index is 625. The van der Waals surface area contributed by atoms with Crippen molar-refractivity contribution in [2.24, 2.45) is 0 Å². The quantitative estimate of drug-likeness (QED) is 0.730. The van der Waals surface area contributed by atoms with Gasteiger partial charge >= 0.3 is 12.1 Å². The van der Waals surface area contributed by atoms with E-state index in [1.165, 1.54) is 4.90 Å². The van der Waals surface area contributed by atoms with E-state index in [4.69, 9.17) is 21.1 Å². The van der Waals surface area contributed by atoms with Crippen molar-refractivity contribution in [2.45, 2.75) is 39.3 Å². The van der Waals surface area contributed by atoms with E-state index < -0.39 is 17.7 Å². The minimum Gasteiger partial charge on any atom is -0.456 e. The smallest absolute Gasteiger partial charge is 0.407 e. The van der Waals surface area contributed by atoms with Gasteiger partial charge in [0.1, 0.15) is 5.60 Å². The van der Waals surface area contributed by atoms with Crippen LogP contribution >= 0.6 is 11.6 Å². The SMILES string of the molecule is CN(Cc1ccc(Cl)cc1)C(=O)COC(=O)CCNC(=O)OC(C)(C)C. The number of hydrogen-bond acceptors (Lipinski definition) is 5. The van der Waals surface area contributed by atoms with Crippen LogP contribution in [0.3, 0.4) is 0 Å². The number of halogens is 1. The van der Waals surface area contributed by atoms with Gasteiger partial charge < -0.3 is 19.7 Å². The van der Waals surface area contributed by atoms with Gasteiger partial charge in [0.25, 0.3) is 5.91 Å². The Morgan fingerprint density at radius 3 is 2.35 bits per heavy atom. The van der Waals surface area contributed by atoms with Gasteiger partial charge in [-0.1, -0.05) is 23.7 Å². The molecule has 0 aromatic heterocycles. The molecule has 0 atom stereocenters. The summed E-state index contributed by atoms with van der Waals surface area (Å²) in [6.07, 6.45) is -0.656. The maximum absolute atomic E-state index is 12.0. The van der Waals surface area contributed by atoms with Gasteiger partial charge in [0.2, 0.25) is 0 Å². The highest BCUT2D eigenvalue weighted by Gasteiger charge is 2.16. The summed E-state index contributed by atoms with van der Waals surface area (Å²) in [5.74, 6) is -0.900. The molecule has 0 aliphatic rings. The number of nitrogens with one attached hydrogen (secondary N) is 1. The highest BCUT2D eigenvalue weighted by atomic mass is 35.5. The van der Waals surface area contributed by atoms with E-state index in [1.54, 1.807) is 40.0 Å². The van der Waals surface area contributed by atoms with Crippen LogP contribution in [0, 0.1) is 0 Å². The summed E-state index contributed by atoms with van der Waals surface area (Å²) in [7, 11) is 1.62. The van der Waals surface area contributed by atoms with Crippen LogP contribution in [0.4, 0.5) is 4.79 Å². The van der Waals surface area contributed by atoms with E-state index in [-0.39, 0.29) is 25.5 Å².